The van der Waals surface area contributed by atoms with Crippen molar-refractivity contribution in [3.63, 3.8) is 0 Å². The lowest BCUT2D eigenvalue weighted by atomic mass is 9.83. The first-order chi connectivity index (χ1) is 10.1. The van der Waals surface area contributed by atoms with Crippen LogP contribution in [0.25, 0.3) is 0 Å². The van der Waals surface area contributed by atoms with E-state index in [1.807, 2.05) is 11.8 Å². The molecule has 21 heavy (non-hydrogen) atoms. The van der Waals surface area contributed by atoms with Gasteiger partial charge in [-0.25, -0.2) is 4.39 Å². The van der Waals surface area contributed by atoms with Crippen molar-refractivity contribution in [3.05, 3.63) is 35.1 Å². The second-order valence-electron chi connectivity index (χ2n) is 5.90. The summed E-state index contributed by atoms with van der Waals surface area (Å²) in [6, 6.07) is 4.80. The van der Waals surface area contributed by atoms with Crippen molar-refractivity contribution in [1.82, 2.24) is 4.90 Å². The first kappa shape index (κ1) is 16.0. The fourth-order valence-electron chi connectivity index (χ4n) is 3.35. The van der Waals surface area contributed by atoms with Crippen molar-refractivity contribution in [3.8, 4) is 0 Å². The van der Waals surface area contributed by atoms with Crippen LogP contribution in [0, 0.1) is 18.7 Å². The Morgan fingerprint density at radius 1 is 1.38 bits per heavy atom. The number of hydrogen-bond donors (Lipinski definition) is 1. The number of aryl methyl sites for hydroxylation is 1. The molecule has 0 saturated heterocycles. The molecule has 3 nitrogen and oxygen atoms in total. The van der Waals surface area contributed by atoms with Crippen molar-refractivity contribution in [2.24, 2.45) is 11.7 Å². The minimum Gasteiger partial charge on any atom is -0.336 e. The van der Waals surface area contributed by atoms with Crippen molar-refractivity contribution in [1.29, 1.82) is 0 Å². The number of carbonyl (C=O) groups excluding carboxylic acids is 1. The number of benzene rings is 1. The van der Waals surface area contributed by atoms with Gasteiger partial charge in [-0.2, -0.15) is 0 Å². The van der Waals surface area contributed by atoms with E-state index in [1.165, 1.54) is 12.5 Å². The van der Waals surface area contributed by atoms with Crippen LogP contribution in [-0.4, -0.2) is 29.9 Å². The van der Waals surface area contributed by atoms with Gasteiger partial charge >= 0.3 is 0 Å². The van der Waals surface area contributed by atoms with E-state index in [0.717, 1.165) is 19.3 Å². The molecule has 116 valence electrons. The molecule has 0 aliphatic heterocycles. The van der Waals surface area contributed by atoms with Crippen molar-refractivity contribution in [2.45, 2.75) is 45.6 Å². The third-order valence-corrected chi connectivity index (χ3v) is 4.58. The molecule has 0 radical (unpaired) electrons. The molecule has 0 aromatic heterocycles. The predicted molar refractivity (Wildman–Crippen MR) is 82.6 cm³/mol. The van der Waals surface area contributed by atoms with Crippen molar-refractivity contribution >= 4 is 5.91 Å². The molecule has 1 aliphatic rings. The largest absolute Gasteiger partial charge is 0.336 e. The lowest BCUT2D eigenvalue weighted by Gasteiger charge is -2.39. The Morgan fingerprint density at radius 2 is 2.10 bits per heavy atom. The van der Waals surface area contributed by atoms with Crippen LogP contribution in [-0.2, 0) is 0 Å². The van der Waals surface area contributed by atoms with Gasteiger partial charge in [-0.1, -0.05) is 12.8 Å². The summed E-state index contributed by atoms with van der Waals surface area (Å²) in [6.45, 7) is 4.97. The minimum atomic E-state index is -0.271. The molecule has 2 N–H and O–H groups in total. The van der Waals surface area contributed by atoms with Gasteiger partial charge in [0.15, 0.2) is 0 Å². The normalized spacial score (nSPS) is 22.1. The van der Waals surface area contributed by atoms with Gasteiger partial charge in [-0.15, -0.1) is 0 Å². The highest BCUT2D eigenvalue weighted by atomic mass is 19.1. The zero-order valence-corrected chi connectivity index (χ0v) is 12.9. The fraction of sp³-hybridized carbons (Fsp3) is 0.588. The van der Waals surface area contributed by atoms with E-state index in [4.69, 9.17) is 5.73 Å². The zero-order valence-electron chi connectivity index (χ0n) is 12.9. The zero-order chi connectivity index (χ0) is 15.4. The van der Waals surface area contributed by atoms with Gasteiger partial charge in [0.1, 0.15) is 5.82 Å². The summed E-state index contributed by atoms with van der Waals surface area (Å²) in [5, 5.41) is 0. The second kappa shape index (κ2) is 7.03. The van der Waals surface area contributed by atoms with Gasteiger partial charge in [0, 0.05) is 18.2 Å². The molecule has 2 rings (SSSR count). The van der Waals surface area contributed by atoms with Crippen LogP contribution in [0.3, 0.4) is 0 Å². The van der Waals surface area contributed by atoms with E-state index in [2.05, 4.69) is 0 Å². The highest BCUT2D eigenvalue weighted by molar-refractivity contribution is 5.94. The Labute approximate surface area is 126 Å². The molecular weight excluding hydrogens is 267 g/mol. The molecule has 2 unspecified atom stereocenters. The smallest absolute Gasteiger partial charge is 0.254 e. The summed E-state index contributed by atoms with van der Waals surface area (Å²) in [5.41, 5.74) is 6.96. The maximum atomic E-state index is 13.4. The summed E-state index contributed by atoms with van der Waals surface area (Å²) in [6.07, 6.45) is 4.45. The SMILES string of the molecule is CCN(C(=O)c1ccc(F)c(C)c1)C1CCCCC1CN. The van der Waals surface area contributed by atoms with Crippen LogP contribution in [0.1, 0.15) is 48.5 Å². The van der Waals surface area contributed by atoms with Gasteiger partial charge in [-0.3, -0.25) is 4.79 Å². The van der Waals surface area contributed by atoms with E-state index in [1.54, 1.807) is 19.1 Å². The maximum Gasteiger partial charge on any atom is 0.254 e. The average Bonchev–Trinajstić information content (AvgIpc) is 2.51. The summed E-state index contributed by atoms with van der Waals surface area (Å²) < 4.78 is 13.4. The lowest BCUT2D eigenvalue weighted by molar-refractivity contribution is 0.0560. The van der Waals surface area contributed by atoms with Crippen LogP contribution in [0.15, 0.2) is 18.2 Å². The highest BCUT2D eigenvalue weighted by Crippen LogP contribution is 2.29. The molecule has 1 saturated carbocycles. The molecule has 0 bridgehead atoms. The lowest BCUT2D eigenvalue weighted by Crippen LogP contribution is -2.48. The molecule has 0 spiro atoms. The number of rotatable bonds is 4. The first-order valence-electron chi connectivity index (χ1n) is 7.85. The third kappa shape index (κ3) is 3.43. The minimum absolute atomic E-state index is 0.00838. The van der Waals surface area contributed by atoms with E-state index >= 15 is 0 Å². The maximum absolute atomic E-state index is 13.4. The fourth-order valence-corrected chi connectivity index (χ4v) is 3.35. The third-order valence-electron chi connectivity index (χ3n) is 4.58. The number of nitrogens with zero attached hydrogens (tertiary/aromatic N) is 1. The van der Waals surface area contributed by atoms with Crippen LogP contribution in [0.2, 0.25) is 0 Å². The molecule has 0 heterocycles. The van der Waals surface area contributed by atoms with Crippen molar-refractivity contribution in [2.75, 3.05) is 13.1 Å². The Kier molecular flexibility index (Phi) is 5.34. The van der Waals surface area contributed by atoms with E-state index in [-0.39, 0.29) is 17.8 Å². The van der Waals surface area contributed by atoms with Gasteiger partial charge in [0.2, 0.25) is 0 Å². The molecule has 1 aliphatic carbocycles. The van der Waals surface area contributed by atoms with Crippen LogP contribution >= 0.6 is 0 Å². The molecule has 1 aromatic carbocycles. The molecular formula is C17H25FN2O. The molecule has 1 aromatic rings. The number of halogens is 1. The number of amides is 1. The van der Waals surface area contributed by atoms with Gasteiger partial charge in [0.25, 0.3) is 5.91 Å². The Bertz CT molecular complexity index is 504. The summed E-state index contributed by atoms with van der Waals surface area (Å²) in [4.78, 5) is 14.7. The van der Waals surface area contributed by atoms with Crippen LogP contribution < -0.4 is 5.73 Å². The van der Waals surface area contributed by atoms with E-state index in [0.29, 0.717) is 30.1 Å². The first-order valence-corrected chi connectivity index (χ1v) is 7.85. The summed E-state index contributed by atoms with van der Waals surface area (Å²) >= 11 is 0. The number of carbonyl (C=O) groups is 1. The van der Waals surface area contributed by atoms with Gasteiger partial charge in [0.05, 0.1) is 0 Å². The van der Waals surface area contributed by atoms with Gasteiger partial charge in [-0.05, 0) is 62.9 Å². The number of nitrogens with two attached hydrogens (primary N) is 1. The topological polar surface area (TPSA) is 46.3 Å². The Morgan fingerprint density at radius 3 is 2.71 bits per heavy atom. The number of hydrogen-bond acceptors (Lipinski definition) is 2. The highest BCUT2D eigenvalue weighted by Gasteiger charge is 2.31. The Balaban J connectivity index is 2.22. The standard InChI is InChI=1S/C17H25FN2O/c1-3-20(16-7-5-4-6-14(16)11-19)17(21)13-8-9-15(18)12(2)10-13/h8-10,14,16H,3-7,11,19H2,1-2H3. The monoisotopic (exact) mass is 292 g/mol. The molecule has 1 fully saturated rings. The van der Waals surface area contributed by atoms with Gasteiger partial charge < -0.3 is 10.6 Å². The van der Waals surface area contributed by atoms with E-state index < -0.39 is 0 Å². The van der Waals surface area contributed by atoms with E-state index in [9.17, 15) is 9.18 Å². The average molecular weight is 292 g/mol. The molecule has 4 heteroatoms. The Hall–Kier alpha value is -1.42. The summed E-state index contributed by atoms with van der Waals surface area (Å²) in [5.74, 6) is 0.0993. The summed E-state index contributed by atoms with van der Waals surface area (Å²) in [7, 11) is 0. The predicted octanol–water partition coefficient (Wildman–Crippen LogP) is 3.11. The molecule has 1 amide bonds. The quantitative estimate of drug-likeness (QED) is 0.927. The second-order valence-corrected chi connectivity index (χ2v) is 5.90. The van der Waals surface area contributed by atoms with Crippen LogP contribution in [0.5, 0.6) is 0 Å². The van der Waals surface area contributed by atoms with Crippen LogP contribution in [0.4, 0.5) is 4.39 Å². The van der Waals surface area contributed by atoms with Crippen molar-refractivity contribution < 1.29 is 9.18 Å². The molecule has 2 atom stereocenters.